The van der Waals surface area contributed by atoms with Crippen molar-refractivity contribution in [2.75, 3.05) is 0 Å². The molecule has 4 aromatic carbocycles. The van der Waals surface area contributed by atoms with Gasteiger partial charge < -0.3 is 9.97 Å². The predicted octanol–water partition coefficient (Wildman–Crippen LogP) is 6.87. The molecule has 8 bridgehead atoms. The van der Waals surface area contributed by atoms with Gasteiger partial charge in [0.2, 0.25) is 0 Å². The van der Waals surface area contributed by atoms with E-state index in [0.717, 1.165) is 43.8 Å². The molecule has 0 saturated heterocycles. The van der Waals surface area contributed by atoms with Gasteiger partial charge in [0.1, 0.15) is 22.6 Å². The second-order valence-corrected chi connectivity index (χ2v) is 9.79. The molecule has 3 aromatic heterocycles. The van der Waals surface area contributed by atoms with Crippen molar-refractivity contribution in [3.63, 3.8) is 0 Å². The monoisotopic (exact) mass is 714 g/mol. The maximum atomic E-state index is 5.02. The molecule has 0 amide bonds. The summed E-state index contributed by atoms with van der Waals surface area (Å²) in [5.41, 5.74) is 6.45. The first-order chi connectivity index (χ1) is 19.8. The maximum Gasteiger partial charge on any atom is 0.164 e. The molecule has 2 N–H and O–H groups in total. The number of nitrogens with one attached hydrogen (secondary N) is 2. The standard InChI is InChI=1S/C32H18N8.Nd.Ni/c1-2-10-18-17(9-1)25-33-26(18)38-28-21-13-5-6-14-22(21)30(35-28)40-32-24-16-8-7-15-23(24)31(36-32)39-29-20-12-4-3-11-19(20)27(34-29)37-25;;/h1-16H,(H2,33,34,35,36,37,38,39,40);;. The van der Waals surface area contributed by atoms with Crippen LogP contribution in [0.25, 0.3) is 89.7 Å². The molecule has 2 aliphatic rings. The van der Waals surface area contributed by atoms with E-state index in [0.29, 0.717) is 45.9 Å². The van der Waals surface area contributed by atoms with Crippen molar-refractivity contribution in [3.8, 4) is 45.6 Å². The van der Waals surface area contributed by atoms with Gasteiger partial charge in [-0.15, -0.1) is 0 Å². The smallest absolute Gasteiger partial charge is 0.164 e. The second kappa shape index (κ2) is 10.4. The zero-order valence-corrected chi connectivity index (χ0v) is 25.9. The molecule has 0 saturated carbocycles. The molecule has 10 heteroatoms. The van der Waals surface area contributed by atoms with Crippen LogP contribution in [-0.4, -0.2) is 39.9 Å². The Hall–Kier alpha value is -3.92. The van der Waals surface area contributed by atoms with Crippen LogP contribution in [0.1, 0.15) is 0 Å². The normalized spacial score (nSPS) is 11.4. The average Bonchev–Trinajstić information content (AvgIpc) is 3.73. The van der Waals surface area contributed by atoms with Crippen LogP contribution < -0.4 is 0 Å². The number of H-pyrrole nitrogens is 2. The SMILES string of the molecule is [Nd].[Ni].c1ccc2c(c1)-c1nc-2nc2[nH]c(nc3nc(nc4[nH]c(n1)c1ccccc41)-c1ccccc1-3)c1ccccc21. The van der Waals surface area contributed by atoms with Crippen LogP contribution >= 0.6 is 0 Å². The van der Waals surface area contributed by atoms with Crippen molar-refractivity contribution in [2.24, 2.45) is 0 Å². The molecule has 0 aliphatic carbocycles. The largest absolute Gasteiger partial charge is 0.324 e. The third-order valence-electron chi connectivity index (χ3n) is 7.46. The minimum absolute atomic E-state index is 0. The van der Waals surface area contributed by atoms with Gasteiger partial charge in [-0.05, 0) is 0 Å². The van der Waals surface area contributed by atoms with E-state index >= 15 is 0 Å². The molecule has 0 unspecified atom stereocenters. The Balaban J connectivity index is 0.00000144. The van der Waals surface area contributed by atoms with Crippen molar-refractivity contribution >= 4 is 44.1 Å². The Labute approximate surface area is 281 Å². The number of aromatic nitrogens is 8. The van der Waals surface area contributed by atoms with Crippen molar-refractivity contribution in [1.29, 1.82) is 0 Å². The van der Waals surface area contributed by atoms with Gasteiger partial charge in [0.15, 0.2) is 23.3 Å². The Morgan fingerprint density at radius 3 is 0.833 bits per heavy atom. The van der Waals surface area contributed by atoms with Gasteiger partial charge in [-0.1, -0.05) is 97.1 Å². The van der Waals surface area contributed by atoms with Crippen LogP contribution in [0, 0.1) is 40.8 Å². The maximum absolute atomic E-state index is 5.02. The third kappa shape index (κ3) is 4.10. The average molecular weight is 717 g/mol. The van der Waals surface area contributed by atoms with Gasteiger partial charge in [-0.25, -0.2) is 29.9 Å². The summed E-state index contributed by atoms with van der Waals surface area (Å²) in [6.07, 6.45) is 0. The molecule has 42 heavy (non-hydrogen) atoms. The predicted molar refractivity (Wildman–Crippen MR) is 156 cm³/mol. The minimum Gasteiger partial charge on any atom is -0.324 e. The Morgan fingerprint density at radius 2 is 0.571 bits per heavy atom. The van der Waals surface area contributed by atoms with E-state index in [1.54, 1.807) is 0 Å². The van der Waals surface area contributed by atoms with E-state index in [9.17, 15) is 0 Å². The van der Waals surface area contributed by atoms with Gasteiger partial charge in [-0.2, -0.15) is 0 Å². The van der Waals surface area contributed by atoms with Crippen LogP contribution in [-0.2, 0) is 16.5 Å². The minimum atomic E-state index is 0. The molecular formula is C32H18N8NdNi. The summed E-state index contributed by atoms with van der Waals surface area (Å²) < 4.78 is 0. The molecular weight excluding hydrogens is 699 g/mol. The number of nitrogens with zero attached hydrogens (tertiary/aromatic N) is 6. The summed E-state index contributed by atoms with van der Waals surface area (Å²) >= 11 is 0. The van der Waals surface area contributed by atoms with Crippen LogP contribution in [0.5, 0.6) is 0 Å². The fourth-order valence-electron chi connectivity index (χ4n) is 5.59. The van der Waals surface area contributed by atoms with Crippen LogP contribution in [0.15, 0.2) is 97.1 Å². The van der Waals surface area contributed by atoms with Gasteiger partial charge in [0.05, 0.1) is 0 Å². The molecule has 8 nitrogen and oxygen atoms in total. The molecule has 0 radical (unpaired) electrons. The summed E-state index contributed by atoms with van der Waals surface area (Å²) in [4.78, 5) is 36.8. The molecule has 9 rings (SSSR count). The Kier molecular flexibility index (Phi) is 6.68. The number of aromatic amines is 2. The summed E-state index contributed by atoms with van der Waals surface area (Å²) in [5.74, 6) is 2.39. The zero-order chi connectivity index (χ0) is 26.2. The Morgan fingerprint density at radius 1 is 0.333 bits per heavy atom. The first-order valence-corrected chi connectivity index (χ1v) is 13.0. The van der Waals surface area contributed by atoms with Gasteiger partial charge in [0, 0.05) is 101 Å². The van der Waals surface area contributed by atoms with Crippen molar-refractivity contribution in [1.82, 2.24) is 39.9 Å². The first kappa shape index (κ1) is 26.9. The molecule has 2 aliphatic heterocycles. The van der Waals surface area contributed by atoms with Crippen LogP contribution in [0.4, 0.5) is 0 Å². The third-order valence-corrected chi connectivity index (χ3v) is 7.46. The van der Waals surface area contributed by atoms with Crippen molar-refractivity contribution < 1.29 is 57.3 Å². The number of rotatable bonds is 0. The van der Waals surface area contributed by atoms with Gasteiger partial charge in [0.25, 0.3) is 0 Å². The fraction of sp³-hybridized carbons (Fsp3) is 0. The molecule has 7 aromatic rings. The topological polar surface area (TPSA) is 109 Å². The molecule has 200 valence electrons. The van der Waals surface area contributed by atoms with Crippen molar-refractivity contribution in [2.45, 2.75) is 0 Å². The zero-order valence-electron chi connectivity index (χ0n) is 21.7. The molecule has 0 fully saturated rings. The summed E-state index contributed by atoms with van der Waals surface area (Å²) in [7, 11) is 0. The quantitative estimate of drug-likeness (QED) is 0.166. The second-order valence-electron chi connectivity index (χ2n) is 9.79. The van der Waals surface area contributed by atoms with Crippen LogP contribution in [0.3, 0.4) is 0 Å². The van der Waals surface area contributed by atoms with Crippen molar-refractivity contribution in [3.05, 3.63) is 97.1 Å². The molecule has 0 atom stereocenters. The van der Waals surface area contributed by atoms with E-state index in [2.05, 4.69) is 9.97 Å². The number of hydrogen-bond acceptors (Lipinski definition) is 6. The fourth-order valence-corrected chi connectivity index (χ4v) is 5.59. The van der Waals surface area contributed by atoms with E-state index in [4.69, 9.17) is 29.9 Å². The van der Waals surface area contributed by atoms with E-state index in [-0.39, 0.29) is 57.3 Å². The van der Waals surface area contributed by atoms with Gasteiger partial charge >= 0.3 is 0 Å². The van der Waals surface area contributed by atoms with Gasteiger partial charge in [-0.3, -0.25) is 0 Å². The van der Waals surface area contributed by atoms with E-state index in [1.807, 2.05) is 97.1 Å². The summed E-state index contributed by atoms with van der Waals surface area (Å²) in [6.45, 7) is 0. The number of fused-ring (bicyclic) bond motifs is 20. The number of benzene rings is 4. The molecule has 0 spiro atoms. The summed E-state index contributed by atoms with van der Waals surface area (Å²) in [5, 5.41) is 3.82. The van der Waals surface area contributed by atoms with E-state index in [1.165, 1.54) is 0 Å². The first-order valence-electron chi connectivity index (χ1n) is 13.0. The summed E-state index contributed by atoms with van der Waals surface area (Å²) in [6, 6.07) is 32.2. The van der Waals surface area contributed by atoms with E-state index < -0.39 is 0 Å². The van der Waals surface area contributed by atoms with Crippen LogP contribution in [0.2, 0.25) is 0 Å². The Bertz CT molecular complexity index is 2040. The number of hydrogen-bond donors (Lipinski definition) is 2. The molecule has 5 heterocycles.